The van der Waals surface area contributed by atoms with Crippen molar-refractivity contribution in [1.82, 2.24) is 10.2 Å². The Balaban J connectivity index is 2.49. The summed E-state index contributed by atoms with van der Waals surface area (Å²) in [7, 11) is 5.86. The monoisotopic (exact) mass is 270 g/mol. The Labute approximate surface area is 115 Å². The molecule has 0 saturated heterocycles. The van der Waals surface area contributed by atoms with Gasteiger partial charge in [0.15, 0.2) is 0 Å². The highest BCUT2D eigenvalue weighted by Crippen LogP contribution is 2.22. The van der Waals surface area contributed by atoms with Crippen LogP contribution in [0.5, 0.6) is 5.75 Å². The van der Waals surface area contributed by atoms with E-state index in [0.717, 1.165) is 35.8 Å². The highest BCUT2D eigenvalue weighted by Gasteiger charge is 2.06. The van der Waals surface area contributed by atoms with E-state index in [1.54, 1.807) is 7.11 Å². The molecule has 3 nitrogen and oxygen atoms in total. The standard InChI is InChI=1S/C14H23ClN2O/c1-11(7-8-17(2)3)16-10-12-9-13(15)5-6-14(12)18-4/h5-6,9,11,16H,7-8,10H2,1-4H3. The fourth-order valence-corrected chi connectivity index (χ4v) is 1.92. The number of methoxy groups -OCH3 is 1. The predicted octanol–water partition coefficient (Wildman–Crippen LogP) is 2.78. The van der Waals surface area contributed by atoms with Gasteiger partial charge in [-0.05, 0) is 52.2 Å². The Kier molecular flexibility index (Phi) is 6.47. The molecule has 0 aliphatic rings. The minimum atomic E-state index is 0.469. The lowest BCUT2D eigenvalue weighted by Gasteiger charge is -2.17. The maximum absolute atomic E-state index is 6.00. The summed E-state index contributed by atoms with van der Waals surface area (Å²) in [6, 6.07) is 6.17. The van der Waals surface area contributed by atoms with E-state index in [0.29, 0.717) is 6.04 Å². The molecule has 18 heavy (non-hydrogen) atoms. The second kappa shape index (κ2) is 7.62. The first-order valence-corrected chi connectivity index (χ1v) is 6.61. The van der Waals surface area contributed by atoms with Gasteiger partial charge in [0, 0.05) is 23.2 Å². The van der Waals surface area contributed by atoms with Crippen LogP contribution < -0.4 is 10.1 Å². The molecule has 1 unspecified atom stereocenters. The Morgan fingerprint density at radius 2 is 2.11 bits per heavy atom. The summed E-state index contributed by atoms with van der Waals surface area (Å²) in [5.41, 5.74) is 1.10. The predicted molar refractivity (Wildman–Crippen MR) is 77.5 cm³/mol. The van der Waals surface area contributed by atoms with Crippen LogP contribution in [-0.2, 0) is 6.54 Å². The molecule has 0 saturated carbocycles. The highest BCUT2D eigenvalue weighted by atomic mass is 35.5. The summed E-state index contributed by atoms with van der Waals surface area (Å²) in [5.74, 6) is 0.881. The van der Waals surface area contributed by atoms with Crippen molar-refractivity contribution < 1.29 is 4.74 Å². The molecule has 0 bridgehead atoms. The van der Waals surface area contributed by atoms with Crippen LogP contribution in [0.3, 0.4) is 0 Å². The minimum Gasteiger partial charge on any atom is -0.496 e. The van der Waals surface area contributed by atoms with Crippen LogP contribution >= 0.6 is 11.6 Å². The number of benzene rings is 1. The molecule has 4 heteroatoms. The van der Waals surface area contributed by atoms with Crippen LogP contribution in [0, 0.1) is 0 Å². The summed E-state index contributed by atoms with van der Waals surface area (Å²) < 4.78 is 5.32. The largest absolute Gasteiger partial charge is 0.496 e. The Bertz CT molecular complexity index is 369. The molecule has 0 radical (unpaired) electrons. The van der Waals surface area contributed by atoms with Crippen molar-refractivity contribution in [3.63, 3.8) is 0 Å². The van der Waals surface area contributed by atoms with E-state index in [-0.39, 0.29) is 0 Å². The van der Waals surface area contributed by atoms with Gasteiger partial charge in [0.1, 0.15) is 5.75 Å². The van der Waals surface area contributed by atoms with E-state index in [9.17, 15) is 0 Å². The van der Waals surface area contributed by atoms with Crippen molar-refractivity contribution in [2.24, 2.45) is 0 Å². The van der Waals surface area contributed by atoms with E-state index in [1.165, 1.54) is 0 Å². The number of hydrogen-bond acceptors (Lipinski definition) is 3. The van der Waals surface area contributed by atoms with E-state index in [1.807, 2.05) is 18.2 Å². The number of nitrogens with one attached hydrogen (secondary N) is 1. The fourth-order valence-electron chi connectivity index (χ4n) is 1.72. The average Bonchev–Trinajstić information content (AvgIpc) is 2.34. The Morgan fingerprint density at radius 3 is 2.72 bits per heavy atom. The van der Waals surface area contributed by atoms with Gasteiger partial charge in [0.25, 0.3) is 0 Å². The molecule has 0 amide bonds. The molecular formula is C14H23ClN2O. The van der Waals surface area contributed by atoms with E-state index in [2.05, 4.69) is 31.2 Å². The quantitative estimate of drug-likeness (QED) is 0.825. The second-order valence-electron chi connectivity index (χ2n) is 4.83. The van der Waals surface area contributed by atoms with Crippen molar-refractivity contribution >= 4 is 11.6 Å². The van der Waals surface area contributed by atoms with Gasteiger partial charge in [0.2, 0.25) is 0 Å². The lowest BCUT2D eigenvalue weighted by molar-refractivity contribution is 0.363. The molecule has 1 aromatic rings. The van der Waals surface area contributed by atoms with Gasteiger partial charge < -0.3 is 15.0 Å². The van der Waals surface area contributed by atoms with E-state index < -0.39 is 0 Å². The number of hydrogen-bond donors (Lipinski definition) is 1. The third-order valence-electron chi connectivity index (χ3n) is 2.89. The number of rotatable bonds is 7. The van der Waals surface area contributed by atoms with Gasteiger partial charge in [-0.3, -0.25) is 0 Å². The van der Waals surface area contributed by atoms with Gasteiger partial charge in [-0.2, -0.15) is 0 Å². The zero-order valence-electron chi connectivity index (χ0n) is 11.7. The first kappa shape index (κ1) is 15.3. The van der Waals surface area contributed by atoms with Gasteiger partial charge in [-0.1, -0.05) is 11.6 Å². The second-order valence-corrected chi connectivity index (χ2v) is 5.27. The topological polar surface area (TPSA) is 24.5 Å². The summed E-state index contributed by atoms with van der Waals surface area (Å²) in [5, 5.41) is 4.23. The SMILES string of the molecule is COc1ccc(Cl)cc1CNC(C)CCN(C)C. The maximum Gasteiger partial charge on any atom is 0.123 e. The van der Waals surface area contributed by atoms with Crippen molar-refractivity contribution in [3.05, 3.63) is 28.8 Å². The lowest BCUT2D eigenvalue weighted by atomic mass is 10.1. The normalized spacial score (nSPS) is 12.8. The van der Waals surface area contributed by atoms with Crippen LogP contribution in [0.4, 0.5) is 0 Å². The first-order valence-electron chi connectivity index (χ1n) is 6.23. The summed E-state index contributed by atoms with van der Waals surface area (Å²) >= 11 is 6.00. The summed E-state index contributed by atoms with van der Waals surface area (Å²) in [6.07, 6.45) is 1.12. The highest BCUT2D eigenvalue weighted by molar-refractivity contribution is 6.30. The summed E-state index contributed by atoms with van der Waals surface area (Å²) in [6.45, 7) is 4.06. The molecule has 0 fully saturated rings. The third kappa shape index (κ3) is 5.25. The molecule has 102 valence electrons. The average molecular weight is 271 g/mol. The van der Waals surface area contributed by atoms with Gasteiger partial charge in [-0.15, -0.1) is 0 Å². The molecular weight excluding hydrogens is 248 g/mol. The smallest absolute Gasteiger partial charge is 0.123 e. The van der Waals surface area contributed by atoms with Crippen molar-refractivity contribution in [1.29, 1.82) is 0 Å². The Morgan fingerprint density at radius 1 is 1.39 bits per heavy atom. The minimum absolute atomic E-state index is 0.469. The first-order chi connectivity index (χ1) is 8.52. The molecule has 1 N–H and O–H groups in total. The van der Waals surface area contributed by atoms with Crippen LogP contribution in [0.25, 0.3) is 0 Å². The van der Waals surface area contributed by atoms with Gasteiger partial charge in [-0.25, -0.2) is 0 Å². The number of ether oxygens (including phenoxy) is 1. The van der Waals surface area contributed by atoms with Crippen molar-refractivity contribution in [2.45, 2.75) is 25.9 Å². The zero-order chi connectivity index (χ0) is 13.5. The van der Waals surface area contributed by atoms with Crippen molar-refractivity contribution in [3.8, 4) is 5.75 Å². The molecule has 1 atom stereocenters. The Hall–Kier alpha value is -0.770. The van der Waals surface area contributed by atoms with Crippen LogP contribution in [0.15, 0.2) is 18.2 Å². The van der Waals surface area contributed by atoms with Crippen LogP contribution in [0.1, 0.15) is 18.9 Å². The number of halogens is 1. The molecule has 0 spiro atoms. The van der Waals surface area contributed by atoms with Gasteiger partial charge >= 0.3 is 0 Å². The molecule has 0 aliphatic carbocycles. The fraction of sp³-hybridized carbons (Fsp3) is 0.571. The third-order valence-corrected chi connectivity index (χ3v) is 3.13. The molecule has 0 aliphatic heterocycles. The van der Waals surface area contributed by atoms with E-state index in [4.69, 9.17) is 16.3 Å². The number of nitrogens with zero attached hydrogens (tertiary/aromatic N) is 1. The molecule has 0 heterocycles. The lowest BCUT2D eigenvalue weighted by Crippen LogP contribution is -2.29. The molecule has 0 aromatic heterocycles. The molecule has 1 aromatic carbocycles. The maximum atomic E-state index is 6.00. The zero-order valence-corrected chi connectivity index (χ0v) is 12.4. The van der Waals surface area contributed by atoms with Crippen molar-refractivity contribution in [2.75, 3.05) is 27.7 Å². The summed E-state index contributed by atoms with van der Waals surface area (Å²) in [4.78, 5) is 2.19. The van der Waals surface area contributed by atoms with E-state index >= 15 is 0 Å². The van der Waals surface area contributed by atoms with Crippen LogP contribution in [-0.4, -0.2) is 38.7 Å². The van der Waals surface area contributed by atoms with Crippen LogP contribution in [0.2, 0.25) is 5.02 Å². The molecule has 1 rings (SSSR count). The van der Waals surface area contributed by atoms with Gasteiger partial charge in [0.05, 0.1) is 7.11 Å².